The Kier molecular flexibility index (Phi) is 5.61. The summed E-state index contributed by atoms with van der Waals surface area (Å²) < 4.78 is 0.917. The van der Waals surface area contributed by atoms with Crippen LogP contribution in [0.4, 0.5) is 0 Å². The second kappa shape index (κ2) is 8.65. The van der Waals surface area contributed by atoms with Crippen molar-refractivity contribution in [2.24, 2.45) is 0 Å². The molecule has 0 aliphatic carbocycles. The molecule has 0 bridgehead atoms. The number of benzene rings is 2. The van der Waals surface area contributed by atoms with Gasteiger partial charge in [-0.25, -0.2) is 9.36 Å². The van der Waals surface area contributed by atoms with Gasteiger partial charge in [0.2, 0.25) is 5.91 Å². The maximum absolute atomic E-state index is 12.8. The van der Waals surface area contributed by atoms with Gasteiger partial charge in [-0.1, -0.05) is 60.7 Å². The van der Waals surface area contributed by atoms with Crippen LogP contribution in [0.25, 0.3) is 22.2 Å². The standard InChI is InChI=1S/C23H22N4O3/c28-19(24-13-7-10-16-8-3-1-4-9-16)15-27-22(29)21-20(26-23(27)30)18(14-25-21)17-11-5-2-6-12-17/h1-6,8-9,11-12,14,25H,7,10,13,15H2,(H,24,28)(H,26,30). The van der Waals surface area contributed by atoms with Gasteiger partial charge in [0.25, 0.3) is 5.56 Å². The Labute approximate surface area is 172 Å². The minimum Gasteiger partial charge on any atom is -0.355 e. The molecule has 0 aliphatic rings. The molecule has 2 heterocycles. The lowest BCUT2D eigenvalue weighted by Gasteiger charge is -2.07. The van der Waals surface area contributed by atoms with Crippen LogP contribution in [-0.4, -0.2) is 27.0 Å². The van der Waals surface area contributed by atoms with E-state index >= 15 is 0 Å². The monoisotopic (exact) mass is 402 g/mol. The fraction of sp³-hybridized carbons (Fsp3) is 0.174. The first-order valence-corrected chi connectivity index (χ1v) is 9.84. The summed E-state index contributed by atoms with van der Waals surface area (Å²) in [6, 6.07) is 19.5. The predicted octanol–water partition coefficient (Wildman–Crippen LogP) is 2.43. The summed E-state index contributed by atoms with van der Waals surface area (Å²) >= 11 is 0. The van der Waals surface area contributed by atoms with Crippen molar-refractivity contribution in [3.63, 3.8) is 0 Å². The van der Waals surface area contributed by atoms with Gasteiger partial charge in [0.1, 0.15) is 12.1 Å². The number of fused-ring (bicyclic) bond motifs is 1. The summed E-state index contributed by atoms with van der Waals surface area (Å²) in [5.74, 6) is -0.371. The summed E-state index contributed by atoms with van der Waals surface area (Å²) in [4.78, 5) is 43.2. The largest absolute Gasteiger partial charge is 0.355 e. The molecular weight excluding hydrogens is 380 g/mol. The van der Waals surface area contributed by atoms with Crippen LogP contribution in [0.1, 0.15) is 12.0 Å². The molecule has 0 aliphatic heterocycles. The maximum atomic E-state index is 12.8. The Morgan fingerprint density at radius 3 is 2.37 bits per heavy atom. The summed E-state index contributed by atoms with van der Waals surface area (Å²) in [6.45, 7) is 0.151. The Morgan fingerprint density at radius 2 is 1.63 bits per heavy atom. The quantitative estimate of drug-likeness (QED) is 0.414. The number of aromatic amines is 2. The summed E-state index contributed by atoms with van der Waals surface area (Å²) in [6.07, 6.45) is 3.31. The van der Waals surface area contributed by atoms with Gasteiger partial charge < -0.3 is 15.3 Å². The molecule has 0 spiro atoms. The normalized spacial score (nSPS) is 10.9. The number of hydrogen-bond acceptors (Lipinski definition) is 3. The first-order valence-electron chi connectivity index (χ1n) is 9.84. The van der Waals surface area contributed by atoms with Crippen molar-refractivity contribution in [3.05, 3.63) is 93.3 Å². The van der Waals surface area contributed by atoms with Gasteiger partial charge in [-0.15, -0.1) is 0 Å². The Balaban J connectivity index is 1.46. The number of nitrogens with one attached hydrogen (secondary N) is 3. The number of carbonyl (C=O) groups excluding carboxylic acids is 1. The average molecular weight is 402 g/mol. The molecule has 7 heteroatoms. The lowest BCUT2D eigenvalue weighted by Crippen LogP contribution is -2.40. The molecule has 0 unspecified atom stereocenters. The van der Waals surface area contributed by atoms with Gasteiger partial charge in [0.05, 0.1) is 5.52 Å². The predicted molar refractivity (Wildman–Crippen MR) is 116 cm³/mol. The molecule has 2 aromatic heterocycles. The highest BCUT2D eigenvalue weighted by Gasteiger charge is 2.15. The summed E-state index contributed by atoms with van der Waals surface area (Å²) in [5, 5.41) is 2.77. The molecular formula is C23H22N4O3. The van der Waals surface area contributed by atoms with Crippen LogP contribution in [0.3, 0.4) is 0 Å². The van der Waals surface area contributed by atoms with Crippen LogP contribution in [-0.2, 0) is 17.8 Å². The number of rotatable bonds is 7. The van der Waals surface area contributed by atoms with Crippen LogP contribution in [0.5, 0.6) is 0 Å². The van der Waals surface area contributed by atoms with E-state index < -0.39 is 11.2 Å². The Hall–Kier alpha value is -3.87. The summed E-state index contributed by atoms with van der Waals surface area (Å²) in [5.41, 5.74) is 2.40. The number of carbonyl (C=O) groups is 1. The molecule has 30 heavy (non-hydrogen) atoms. The zero-order valence-corrected chi connectivity index (χ0v) is 16.4. The topological polar surface area (TPSA) is 99.8 Å². The van der Waals surface area contributed by atoms with Crippen LogP contribution in [0.15, 0.2) is 76.4 Å². The van der Waals surface area contributed by atoms with Crippen molar-refractivity contribution in [2.45, 2.75) is 19.4 Å². The zero-order chi connectivity index (χ0) is 20.9. The molecule has 0 atom stereocenters. The van der Waals surface area contributed by atoms with E-state index in [0.29, 0.717) is 12.1 Å². The van der Waals surface area contributed by atoms with E-state index in [1.807, 2.05) is 60.7 Å². The van der Waals surface area contributed by atoms with Gasteiger partial charge in [-0.05, 0) is 24.0 Å². The van der Waals surface area contributed by atoms with Crippen LogP contribution < -0.4 is 16.6 Å². The number of nitrogens with zero attached hydrogens (tertiary/aromatic N) is 1. The molecule has 2 aromatic carbocycles. The van der Waals surface area contributed by atoms with E-state index in [1.54, 1.807) is 6.20 Å². The van der Waals surface area contributed by atoms with Crippen LogP contribution in [0, 0.1) is 0 Å². The number of aromatic nitrogens is 3. The number of H-pyrrole nitrogens is 2. The molecule has 152 valence electrons. The van der Waals surface area contributed by atoms with Crippen molar-refractivity contribution >= 4 is 16.9 Å². The third-order valence-electron chi connectivity index (χ3n) is 5.01. The van der Waals surface area contributed by atoms with E-state index in [1.165, 1.54) is 5.56 Å². The van der Waals surface area contributed by atoms with Crippen LogP contribution >= 0.6 is 0 Å². The Morgan fingerprint density at radius 1 is 0.933 bits per heavy atom. The second-order valence-corrected chi connectivity index (χ2v) is 7.08. The SMILES string of the molecule is O=C(Cn1c(=O)[nH]c2c(-c3ccccc3)c[nH]c2c1=O)NCCCc1ccccc1. The molecule has 4 aromatic rings. The zero-order valence-electron chi connectivity index (χ0n) is 16.4. The van der Waals surface area contributed by atoms with E-state index in [2.05, 4.69) is 15.3 Å². The fourth-order valence-corrected chi connectivity index (χ4v) is 3.48. The smallest absolute Gasteiger partial charge is 0.329 e. The van der Waals surface area contributed by atoms with Crippen molar-refractivity contribution in [1.29, 1.82) is 0 Å². The molecule has 0 saturated heterocycles. The molecule has 1 amide bonds. The van der Waals surface area contributed by atoms with Gasteiger partial charge in [0.15, 0.2) is 0 Å². The van der Waals surface area contributed by atoms with E-state index in [4.69, 9.17) is 0 Å². The molecule has 0 radical (unpaired) electrons. The van der Waals surface area contributed by atoms with Crippen molar-refractivity contribution in [2.75, 3.05) is 6.54 Å². The molecule has 7 nitrogen and oxygen atoms in total. The van der Waals surface area contributed by atoms with Crippen molar-refractivity contribution < 1.29 is 4.79 Å². The summed E-state index contributed by atoms with van der Waals surface area (Å²) in [7, 11) is 0. The molecule has 3 N–H and O–H groups in total. The average Bonchev–Trinajstić information content (AvgIpc) is 3.19. The van der Waals surface area contributed by atoms with Gasteiger partial charge in [-0.3, -0.25) is 9.59 Å². The lowest BCUT2D eigenvalue weighted by molar-refractivity contribution is -0.121. The first-order chi connectivity index (χ1) is 14.6. The highest BCUT2D eigenvalue weighted by molar-refractivity contribution is 5.91. The minimum absolute atomic E-state index is 0.269. The highest BCUT2D eigenvalue weighted by Crippen LogP contribution is 2.24. The lowest BCUT2D eigenvalue weighted by atomic mass is 10.1. The first kappa shape index (κ1) is 19.4. The number of amides is 1. The molecule has 0 fully saturated rings. The third-order valence-corrected chi connectivity index (χ3v) is 5.01. The van der Waals surface area contributed by atoms with Crippen molar-refractivity contribution in [1.82, 2.24) is 19.9 Å². The number of hydrogen-bond donors (Lipinski definition) is 3. The second-order valence-electron chi connectivity index (χ2n) is 7.08. The van der Waals surface area contributed by atoms with Gasteiger partial charge in [-0.2, -0.15) is 0 Å². The van der Waals surface area contributed by atoms with Gasteiger partial charge in [0, 0.05) is 18.3 Å². The van der Waals surface area contributed by atoms with E-state index in [-0.39, 0.29) is 18.0 Å². The molecule has 4 rings (SSSR count). The fourth-order valence-electron chi connectivity index (χ4n) is 3.48. The minimum atomic E-state index is -0.608. The molecule has 0 saturated carbocycles. The highest BCUT2D eigenvalue weighted by atomic mass is 16.2. The van der Waals surface area contributed by atoms with Crippen molar-refractivity contribution in [3.8, 4) is 11.1 Å². The third kappa shape index (κ3) is 4.10. The number of aryl methyl sites for hydroxylation is 1. The maximum Gasteiger partial charge on any atom is 0.329 e. The van der Waals surface area contributed by atoms with E-state index in [9.17, 15) is 14.4 Å². The van der Waals surface area contributed by atoms with Crippen LogP contribution in [0.2, 0.25) is 0 Å². The van der Waals surface area contributed by atoms with E-state index in [0.717, 1.165) is 28.5 Å². The van der Waals surface area contributed by atoms with Gasteiger partial charge >= 0.3 is 5.69 Å². The Bertz CT molecular complexity index is 1270.